The van der Waals surface area contributed by atoms with Crippen LogP contribution in [0.15, 0.2) is 388 Å². The Morgan fingerprint density at radius 3 is 1.17 bits per heavy atom. The SMILES string of the molecule is C=C(C)/C=C\C=C/C.Cc1ccccc1.c1ccc([Si](c2ccccc2)(c2ccccc2)c2ccc(-c3ccc(-c4nc(-n5c6ccccc6c6ccccc65)nc5ccccc45)cc3)cc2)cc1.c1ccc2c(c1)c1ccccc1n2-c1nc(-n2c3ccccc3c3ccccc32)c2ccc3c(c2n1)OCCO3. The van der Waals surface area contributed by atoms with E-state index in [0.29, 0.717) is 36.6 Å². The zero-order valence-corrected chi connectivity index (χ0v) is 61.9. The number of hydrogen-bond donors (Lipinski definition) is 0. The Morgan fingerprint density at radius 1 is 0.349 bits per heavy atom. The van der Waals surface area contributed by atoms with Crippen molar-refractivity contribution in [2.75, 3.05) is 13.2 Å². The third kappa shape index (κ3) is 13.0. The highest BCUT2D eigenvalue weighted by molar-refractivity contribution is 7.19. The molecular weight excluding hydrogens is 1350 g/mol. The molecule has 20 rings (SSSR count). The van der Waals surface area contributed by atoms with E-state index in [-0.39, 0.29) is 0 Å². The molecule has 0 radical (unpaired) electrons. The summed E-state index contributed by atoms with van der Waals surface area (Å²) >= 11 is 0. The van der Waals surface area contributed by atoms with Crippen molar-refractivity contribution in [3.8, 4) is 51.6 Å². The maximum atomic E-state index is 6.20. The number of aryl methyl sites for hydroxylation is 1. The summed E-state index contributed by atoms with van der Waals surface area (Å²) in [4.78, 5) is 21.0. The first-order chi connectivity index (χ1) is 53.8. The first-order valence-corrected chi connectivity index (χ1v) is 39.0. The Morgan fingerprint density at radius 2 is 0.725 bits per heavy atom. The van der Waals surface area contributed by atoms with Crippen molar-refractivity contribution in [1.29, 1.82) is 0 Å². The van der Waals surface area contributed by atoms with E-state index in [1.54, 1.807) is 0 Å². The number of ether oxygens (including phenoxy) is 2. The van der Waals surface area contributed by atoms with E-state index in [2.05, 4.69) is 349 Å². The topological polar surface area (TPSA) is 84.8 Å². The number of allylic oxidation sites excluding steroid dienone is 5. The lowest BCUT2D eigenvalue weighted by Crippen LogP contribution is -2.74. The highest BCUT2D eigenvalue weighted by atomic mass is 28.3. The average molecular weight is 1420 g/mol. The summed E-state index contributed by atoms with van der Waals surface area (Å²) < 4.78 is 18.8. The Hall–Kier alpha value is -13.8. The molecule has 0 fully saturated rings. The number of para-hydroxylation sites is 7. The van der Waals surface area contributed by atoms with Gasteiger partial charge in [-0.1, -0.05) is 339 Å². The minimum Gasteiger partial charge on any atom is -0.486 e. The van der Waals surface area contributed by atoms with Crippen LogP contribution in [0.2, 0.25) is 0 Å². The average Bonchev–Trinajstić information content (AvgIpc) is 1.60. The molecule has 1 aliphatic rings. The van der Waals surface area contributed by atoms with E-state index in [1.807, 2.05) is 68.5 Å². The van der Waals surface area contributed by atoms with Crippen molar-refractivity contribution in [3.05, 3.63) is 394 Å². The highest BCUT2D eigenvalue weighted by Gasteiger charge is 2.41. The Labute approximate surface area is 634 Å². The Balaban J connectivity index is 0.000000137. The second-order valence-corrected chi connectivity index (χ2v) is 31.0. The molecule has 6 heterocycles. The molecule has 1 aliphatic heterocycles. The summed E-state index contributed by atoms with van der Waals surface area (Å²) in [6.45, 7) is 10.7. The molecule has 524 valence electrons. The van der Waals surface area contributed by atoms with E-state index in [9.17, 15) is 0 Å². The van der Waals surface area contributed by atoms with Crippen LogP contribution < -0.4 is 30.2 Å². The molecule has 9 nitrogen and oxygen atoms in total. The van der Waals surface area contributed by atoms with Gasteiger partial charge in [0.05, 0.1) is 44.3 Å². The summed E-state index contributed by atoms with van der Waals surface area (Å²) in [5.41, 5.74) is 14.9. The Bertz CT molecular complexity index is 6330. The predicted molar refractivity (Wildman–Crippen MR) is 458 cm³/mol. The van der Waals surface area contributed by atoms with Gasteiger partial charge in [-0.3, -0.25) is 13.7 Å². The molecule has 0 N–H and O–H groups in total. The largest absolute Gasteiger partial charge is 0.486 e. The fraction of sp³-hybridized carbons (Fsp3) is 0.0505. The summed E-state index contributed by atoms with van der Waals surface area (Å²) in [6.07, 6.45) is 7.91. The van der Waals surface area contributed by atoms with Gasteiger partial charge in [0, 0.05) is 48.7 Å². The molecule has 0 aliphatic carbocycles. The lowest BCUT2D eigenvalue weighted by atomic mass is 10.0. The van der Waals surface area contributed by atoms with Gasteiger partial charge in [-0.2, -0.15) is 4.98 Å². The van der Waals surface area contributed by atoms with Crippen molar-refractivity contribution in [3.63, 3.8) is 0 Å². The fourth-order valence-corrected chi connectivity index (χ4v) is 20.2. The molecule has 109 heavy (non-hydrogen) atoms. The molecule has 0 saturated carbocycles. The predicted octanol–water partition coefficient (Wildman–Crippen LogP) is 21.7. The maximum absolute atomic E-state index is 6.20. The molecule has 0 atom stereocenters. The van der Waals surface area contributed by atoms with Gasteiger partial charge in [-0.05, 0) is 107 Å². The van der Waals surface area contributed by atoms with Gasteiger partial charge < -0.3 is 9.47 Å². The van der Waals surface area contributed by atoms with Crippen LogP contribution in [0.3, 0.4) is 0 Å². The van der Waals surface area contributed by atoms with E-state index in [0.717, 1.165) is 93.9 Å². The zero-order chi connectivity index (χ0) is 73.6. The lowest BCUT2D eigenvalue weighted by Gasteiger charge is -2.34. The van der Waals surface area contributed by atoms with Crippen LogP contribution in [0.25, 0.3) is 127 Å². The fourth-order valence-electron chi connectivity index (χ4n) is 15.4. The Kier molecular flexibility index (Phi) is 19.0. The summed E-state index contributed by atoms with van der Waals surface area (Å²) in [6, 6.07) is 125. The zero-order valence-electron chi connectivity index (χ0n) is 60.9. The van der Waals surface area contributed by atoms with Gasteiger partial charge in [0.25, 0.3) is 0 Å². The van der Waals surface area contributed by atoms with Crippen LogP contribution in [0.1, 0.15) is 19.4 Å². The molecule has 5 aromatic heterocycles. The van der Waals surface area contributed by atoms with Gasteiger partial charge >= 0.3 is 0 Å². The smallest absolute Gasteiger partial charge is 0.237 e. The summed E-state index contributed by atoms with van der Waals surface area (Å²) in [7, 11) is -2.58. The van der Waals surface area contributed by atoms with Crippen LogP contribution in [0.4, 0.5) is 0 Å². The molecular formula is C99H77N7O2Si. The van der Waals surface area contributed by atoms with E-state index < -0.39 is 8.07 Å². The number of benzene rings is 14. The molecule has 14 aromatic carbocycles. The second-order valence-electron chi connectivity index (χ2n) is 27.2. The second kappa shape index (κ2) is 30.3. The van der Waals surface area contributed by atoms with Gasteiger partial charge in [0.15, 0.2) is 25.4 Å². The van der Waals surface area contributed by atoms with Gasteiger partial charge in [-0.15, -0.1) is 0 Å². The lowest BCUT2D eigenvalue weighted by molar-refractivity contribution is 0.173. The molecule has 10 heteroatoms. The van der Waals surface area contributed by atoms with Crippen molar-refractivity contribution in [2.24, 2.45) is 0 Å². The van der Waals surface area contributed by atoms with E-state index >= 15 is 0 Å². The number of nitrogens with zero attached hydrogens (tertiary/aromatic N) is 7. The van der Waals surface area contributed by atoms with Crippen LogP contribution in [-0.2, 0) is 0 Å². The maximum Gasteiger partial charge on any atom is 0.237 e. The normalized spacial score (nSPS) is 12.0. The molecule has 0 saturated heterocycles. The van der Waals surface area contributed by atoms with Crippen LogP contribution in [0, 0.1) is 6.92 Å². The number of rotatable bonds is 11. The monoisotopic (exact) mass is 1420 g/mol. The first kappa shape index (κ1) is 68.3. The minimum absolute atomic E-state index is 0.478. The van der Waals surface area contributed by atoms with E-state index in [4.69, 9.17) is 29.4 Å². The van der Waals surface area contributed by atoms with E-state index in [1.165, 1.54) is 53.4 Å². The van der Waals surface area contributed by atoms with Crippen molar-refractivity contribution < 1.29 is 9.47 Å². The minimum atomic E-state index is -2.58. The molecule has 0 bridgehead atoms. The number of aromatic nitrogens is 7. The van der Waals surface area contributed by atoms with Crippen molar-refractivity contribution in [2.45, 2.75) is 20.8 Å². The number of hydrogen-bond acceptors (Lipinski definition) is 6. The first-order valence-electron chi connectivity index (χ1n) is 37.0. The molecule has 0 amide bonds. The summed E-state index contributed by atoms with van der Waals surface area (Å²) in [5, 5.41) is 14.5. The van der Waals surface area contributed by atoms with Crippen molar-refractivity contribution in [1.82, 2.24) is 33.6 Å². The van der Waals surface area contributed by atoms with Gasteiger partial charge in [0.1, 0.15) is 18.7 Å². The van der Waals surface area contributed by atoms with Gasteiger partial charge in [-0.25, -0.2) is 15.0 Å². The van der Waals surface area contributed by atoms with Gasteiger partial charge in [0.2, 0.25) is 11.9 Å². The van der Waals surface area contributed by atoms with Crippen molar-refractivity contribution >= 4 is 116 Å². The van der Waals surface area contributed by atoms with Crippen LogP contribution >= 0.6 is 0 Å². The molecule has 0 spiro atoms. The highest BCUT2D eigenvalue weighted by Crippen LogP contribution is 2.43. The van der Waals surface area contributed by atoms with Crippen LogP contribution in [0.5, 0.6) is 11.5 Å². The third-order valence-corrected chi connectivity index (χ3v) is 25.1. The quantitative estimate of drug-likeness (QED) is 0.0729. The number of fused-ring (bicyclic) bond motifs is 13. The molecule has 19 aromatic rings. The summed E-state index contributed by atoms with van der Waals surface area (Å²) in [5.74, 6) is 3.43. The standard InChI is InChI=1S/C50H35N3Si.C34H22N4O2.C8H12.C7H8/c1-4-16-39(17-5-1)54(40-18-6-2-7-19-40,41-20-8-3-9-21-41)42-34-32-37(33-35-42)36-28-30-38(31-29-36)49-45-24-10-13-25-46(45)51-50(52-49)53-47-26-14-11-22-43(47)44-23-12-15-27-48(44)53;1-5-13-26-21(9-1)22-10-2-6-14-27(22)37(26)33-25-17-18-30-32(40-20-19-39-30)31(25)35-34(36-33)38-28-15-7-3-11-23(28)24-12-4-8-16-29(24)38;1-4-5-6-7-8(2)3;1-7-5-3-2-4-6-7/h1-35H;1-18H,19-20H2;4-7H,2H2,1,3H3;2-6H,1H3/b;;5-4-,7-6-;. The molecule has 0 unspecified atom stereocenters. The van der Waals surface area contributed by atoms with Crippen LogP contribution in [-0.4, -0.2) is 54.9 Å². The third-order valence-electron chi connectivity index (χ3n) is 20.3.